The van der Waals surface area contributed by atoms with Crippen molar-refractivity contribution in [2.45, 2.75) is 38.3 Å². The summed E-state index contributed by atoms with van der Waals surface area (Å²) in [4.78, 5) is 2.20. The lowest BCUT2D eigenvalue weighted by molar-refractivity contribution is 0.0995. The first-order valence-electron chi connectivity index (χ1n) is 7.32. The van der Waals surface area contributed by atoms with Crippen LogP contribution in [0.2, 0.25) is 0 Å². The van der Waals surface area contributed by atoms with Crippen LogP contribution < -0.4 is 4.74 Å². The molecule has 1 atom stereocenters. The lowest BCUT2D eigenvalue weighted by atomic mass is 10.1. The summed E-state index contributed by atoms with van der Waals surface area (Å²) in [6.07, 6.45) is 5.07. The van der Waals surface area contributed by atoms with Crippen molar-refractivity contribution in [3.63, 3.8) is 0 Å². The van der Waals surface area contributed by atoms with Crippen molar-refractivity contribution in [1.29, 1.82) is 0 Å². The molecule has 0 unspecified atom stereocenters. The van der Waals surface area contributed by atoms with Gasteiger partial charge in [-0.05, 0) is 45.3 Å². The van der Waals surface area contributed by atoms with Crippen LogP contribution in [-0.4, -0.2) is 38.3 Å². The Kier molecular flexibility index (Phi) is 5.80. The molecule has 0 aliphatic carbocycles. The Morgan fingerprint density at radius 1 is 1.45 bits per heavy atom. The fourth-order valence-corrected chi connectivity index (χ4v) is 2.74. The van der Waals surface area contributed by atoms with E-state index in [1.54, 1.807) is 6.07 Å². The monoisotopic (exact) mass is 281 g/mol. The normalized spacial score (nSPS) is 18.7. The van der Waals surface area contributed by atoms with Crippen LogP contribution in [0, 0.1) is 5.82 Å². The maximum Gasteiger partial charge on any atom is 0.165 e. The lowest BCUT2D eigenvalue weighted by Gasteiger charge is -2.19. The molecule has 0 aromatic heterocycles. The standard InChI is InChI=1S/C16H24FNO2/c1-18(10-4-7-14-8-5-11-20-14)12-13-6-3-9-15(17)16(13)19-2/h3,6,9,14H,4-5,7-8,10-12H2,1-2H3/t14-/m0/s1. The number of rotatable bonds is 7. The van der Waals surface area contributed by atoms with E-state index in [0.717, 1.165) is 31.6 Å². The molecule has 1 aliphatic rings. The van der Waals surface area contributed by atoms with Gasteiger partial charge in [-0.15, -0.1) is 0 Å². The topological polar surface area (TPSA) is 21.7 Å². The van der Waals surface area contributed by atoms with Crippen LogP contribution >= 0.6 is 0 Å². The Morgan fingerprint density at radius 3 is 3.00 bits per heavy atom. The first-order valence-corrected chi connectivity index (χ1v) is 7.32. The van der Waals surface area contributed by atoms with Crippen LogP contribution in [0.4, 0.5) is 4.39 Å². The molecule has 1 saturated heterocycles. The fraction of sp³-hybridized carbons (Fsp3) is 0.625. The van der Waals surface area contributed by atoms with E-state index in [1.807, 2.05) is 6.07 Å². The molecule has 20 heavy (non-hydrogen) atoms. The minimum atomic E-state index is -0.294. The number of methoxy groups -OCH3 is 1. The van der Waals surface area contributed by atoms with E-state index in [1.165, 1.54) is 26.0 Å². The van der Waals surface area contributed by atoms with Crippen LogP contribution in [0.1, 0.15) is 31.2 Å². The van der Waals surface area contributed by atoms with Gasteiger partial charge in [-0.25, -0.2) is 4.39 Å². The van der Waals surface area contributed by atoms with E-state index in [-0.39, 0.29) is 5.82 Å². The molecule has 1 aliphatic heterocycles. The van der Waals surface area contributed by atoms with Crippen molar-refractivity contribution in [3.05, 3.63) is 29.6 Å². The smallest absolute Gasteiger partial charge is 0.165 e. The maximum atomic E-state index is 13.6. The highest BCUT2D eigenvalue weighted by Crippen LogP contribution is 2.23. The molecule has 112 valence electrons. The summed E-state index contributed by atoms with van der Waals surface area (Å²) in [7, 11) is 3.57. The van der Waals surface area contributed by atoms with Crippen molar-refractivity contribution in [1.82, 2.24) is 4.90 Å². The number of hydrogen-bond donors (Lipinski definition) is 0. The van der Waals surface area contributed by atoms with Gasteiger partial charge in [-0.3, -0.25) is 0 Å². The molecule has 0 spiro atoms. The fourth-order valence-electron chi connectivity index (χ4n) is 2.74. The number of hydrogen-bond acceptors (Lipinski definition) is 3. The summed E-state index contributed by atoms with van der Waals surface area (Å²) in [6, 6.07) is 5.08. The molecule has 0 bridgehead atoms. The highest BCUT2D eigenvalue weighted by molar-refractivity contribution is 5.34. The molecular weight excluding hydrogens is 257 g/mol. The van der Waals surface area contributed by atoms with Crippen molar-refractivity contribution in [3.8, 4) is 5.75 Å². The third-order valence-corrected chi connectivity index (χ3v) is 3.78. The van der Waals surface area contributed by atoms with Crippen molar-refractivity contribution in [2.24, 2.45) is 0 Å². The molecule has 2 rings (SSSR count). The molecule has 1 fully saturated rings. The molecule has 4 heteroatoms. The van der Waals surface area contributed by atoms with Crippen molar-refractivity contribution in [2.75, 3.05) is 27.3 Å². The van der Waals surface area contributed by atoms with Crippen molar-refractivity contribution < 1.29 is 13.9 Å². The highest BCUT2D eigenvalue weighted by Gasteiger charge is 2.15. The van der Waals surface area contributed by atoms with Gasteiger partial charge in [0, 0.05) is 18.7 Å². The Bertz CT molecular complexity index is 419. The minimum Gasteiger partial charge on any atom is -0.493 e. The highest BCUT2D eigenvalue weighted by atomic mass is 19.1. The average molecular weight is 281 g/mol. The summed E-state index contributed by atoms with van der Waals surface area (Å²) in [6.45, 7) is 2.60. The SMILES string of the molecule is COc1c(F)cccc1CN(C)CCC[C@H]1CCCO1. The van der Waals surface area contributed by atoms with Crippen LogP contribution in [0.25, 0.3) is 0 Å². The molecule has 1 heterocycles. The van der Waals surface area contributed by atoms with Gasteiger partial charge in [0.2, 0.25) is 0 Å². The summed E-state index contributed by atoms with van der Waals surface area (Å²) >= 11 is 0. The zero-order valence-corrected chi connectivity index (χ0v) is 12.4. The lowest BCUT2D eigenvalue weighted by Crippen LogP contribution is -2.21. The number of halogens is 1. The van der Waals surface area contributed by atoms with Gasteiger partial charge >= 0.3 is 0 Å². The zero-order chi connectivity index (χ0) is 14.4. The van der Waals surface area contributed by atoms with Gasteiger partial charge in [0.05, 0.1) is 13.2 Å². The minimum absolute atomic E-state index is 0.294. The third kappa shape index (κ3) is 4.18. The largest absolute Gasteiger partial charge is 0.493 e. The summed E-state index contributed by atoms with van der Waals surface area (Å²) < 4.78 is 24.4. The second kappa shape index (κ2) is 7.60. The van der Waals surface area contributed by atoms with Gasteiger partial charge in [0.15, 0.2) is 11.6 Å². The third-order valence-electron chi connectivity index (χ3n) is 3.78. The zero-order valence-electron chi connectivity index (χ0n) is 12.4. The Balaban J connectivity index is 1.78. The summed E-state index contributed by atoms with van der Waals surface area (Å²) in [5, 5.41) is 0. The van der Waals surface area contributed by atoms with E-state index in [0.29, 0.717) is 18.4 Å². The molecule has 3 nitrogen and oxygen atoms in total. The number of nitrogens with zero attached hydrogens (tertiary/aromatic N) is 1. The second-order valence-corrected chi connectivity index (χ2v) is 5.45. The molecule has 0 amide bonds. The van der Waals surface area contributed by atoms with Crippen LogP contribution in [0.3, 0.4) is 0 Å². The first kappa shape index (κ1) is 15.3. The first-order chi connectivity index (χ1) is 9.70. The van der Waals surface area contributed by atoms with Crippen molar-refractivity contribution >= 4 is 0 Å². The quantitative estimate of drug-likeness (QED) is 0.766. The maximum absolute atomic E-state index is 13.6. The molecule has 1 aromatic carbocycles. The number of para-hydroxylation sites is 1. The Labute approximate surface area is 120 Å². The molecule has 0 N–H and O–H groups in total. The van der Waals surface area contributed by atoms with E-state index >= 15 is 0 Å². The van der Waals surface area contributed by atoms with Crippen LogP contribution in [-0.2, 0) is 11.3 Å². The molecule has 0 radical (unpaired) electrons. The van der Waals surface area contributed by atoms with E-state index < -0.39 is 0 Å². The average Bonchev–Trinajstić information content (AvgIpc) is 2.92. The Hall–Kier alpha value is -1.13. The summed E-state index contributed by atoms with van der Waals surface area (Å²) in [5.41, 5.74) is 0.895. The number of benzene rings is 1. The van der Waals surface area contributed by atoms with E-state index in [2.05, 4.69) is 11.9 Å². The van der Waals surface area contributed by atoms with Crippen LogP contribution in [0.15, 0.2) is 18.2 Å². The van der Waals surface area contributed by atoms with E-state index in [4.69, 9.17) is 9.47 Å². The van der Waals surface area contributed by atoms with Gasteiger partial charge in [0.25, 0.3) is 0 Å². The number of ether oxygens (including phenoxy) is 2. The van der Waals surface area contributed by atoms with Gasteiger partial charge < -0.3 is 14.4 Å². The van der Waals surface area contributed by atoms with Gasteiger partial charge in [-0.2, -0.15) is 0 Å². The van der Waals surface area contributed by atoms with Gasteiger partial charge in [0.1, 0.15) is 0 Å². The molecule has 1 aromatic rings. The van der Waals surface area contributed by atoms with Gasteiger partial charge in [-0.1, -0.05) is 12.1 Å². The van der Waals surface area contributed by atoms with Crippen LogP contribution in [0.5, 0.6) is 5.75 Å². The predicted molar refractivity (Wildman–Crippen MR) is 77.5 cm³/mol. The Morgan fingerprint density at radius 2 is 2.30 bits per heavy atom. The summed E-state index contributed by atoms with van der Waals surface area (Å²) in [5.74, 6) is 0.0660. The molecule has 0 saturated carbocycles. The molecular formula is C16H24FNO2. The second-order valence-electron chi connectivity index (χ2n) is 5.45. The van der Waals surface area contributed by atoms with E-state index in [9.17, 15) is 4.39 Å². The predicted octanol–water partition coefficient (Wildman–Crippen LogP) is 3.23.